The Labute approximate surface area is 175 Å². The van der Waals surface area contributed by atoms with E-state index in [9.17, 15) is 9.59 Å². The van der Waals surface area contributed by atoms with E-state index in [-0.39, 0.29) is 23.5 Å². The van der Waals surface area contributed by atoms with Gasteiger partial charge in [-0.25, -0.2) is 0 Å². The SMILES string of the molecule is CCOC(=O)[C@H]1CCCN(C(=O)CSc2nnc(-c3ccccc3C)n2CC)C1. The van der Waals surface area contributed by atoms with Gasteiger partial charge in [-0.2, -0.15) is 0 Å². The fourth-order valence-corrected chi connectivity index (χ4v) is 4.48. The minimum atomic E-state index is -0.218. The van der Waals surface area contributed by atoms with Gasteiger partial charge in [-0.15, -0.1) is 10.2 Å². The molecule has 2 aromatic rings. The molecule has 0 saturated carbocycles. The number of hydrogen-bond donors (Lipinski definition) is 0. The molecule has 1 aliphatic heterocycles. The molecule has 0 radical (unpaired) electrons. The number of benzene rings is 1. The van der Waals surface area contributed by atoms with E-state index in [1.807, 2.05) is 29.7 Å². The molecule has 0 N–H and O–H groups in total. The molecule has 1 fully saturated rings. The van der Waals surface area contributed by atoms with E-state index < -0.39 is 0 Å². The Morgan fingerprint density at radius 3 is 2.76 bits per heavy atom. The summed E-state index contributed by atoms with van der Waals surface area (Å²) in [5.41, 5.74) is 2.19. The number of piperidine rings is 1. The molecule has 1 aromatic heterocycles. The molecular formula is C21H28N4O3S. The third-order valence-corrected chi connectivity index (χ3v) is 6.09. The zero-order chi connectivity index (χ0) is 20.8. The number of rotatable bonds is 7. The van der Waals surface area contributed by atoms with Crippen molar-refractivity contribution in [1.82, 2.24) is 19.7 Å². The fraction of sp³-hybridized carbons (Fsp3) is 0.524. The molecule has 156 valence electrons. The van der Waals surface area contributed by atoms with Crippen molar-refractivity contribution in [3.63, 3.8) is 0 Å². The van der Waals surface area contributed by atoms with Crippen LogP contribution in [-0.2, 0) is 20.9 Å². The summed E-state index contributed by atoms with van der Waals surface area (Å²) in [6, 6.07) is 8.08. The Morgan fingerprint density at radius 2 is 2.03 bits per heavy atom. The Kier molecular flexibility index (Phi) is 7.30. The quantitative estimate of drug-likeness (QED) is 0.510. The molecule has 0 spiro atoms. The lowest BCUT2D eigenvalue weighted by atomic mass is 9.98. The fourth-order valence-electron chi connectivity index (χ4n) is 3.58. The van der Waals surface area contributed by atoms with Crippen LogP contribution < -0.4 is 0 Å². The summed E-state index contributed by atoms with van der Waals surface area (Å²) in [6.07, 6.45) is 1.60. The van der Waals surface area contributed by atoms with Crippen LogP contribution in [0, 0.1) is 12.8 Å². The van der Waals surface area contributed by atoms with Gasteiger partial charge in [-0.05, 0) is 39.2 Å². The third kappa shape index (κ3) is 4.98. The average Bonchev–Trinajstić information content (AvgIpc) is 3.15. The van der Waals surface area contributed by atoms with Crippen molar-refractivity contribution in [2.75, 3.05) is 25.4 Å². The number of aromatic nitrogens is 3. The zero-order valence-corrected chi connectivity index (χ0v) is 18.1. The largest absolute Gasteiger partial charge is 0.466 e. The van der Waals surface area contributed by atoms with E-state index in [1.54, 1.807) is 11.8 Å². The second-order valence-electron chi connectivity index (χ2n) is 7.08. The van der Waals surface area contributed by atoms with E-state index in [0.29, 0.717) is 19.7 Å². The van der Waals surface area contributed by atoms with Crippen molar-refractivity contribution in [2.45, 2.75) is 45.3 Å². The van der Waals surface area contributed by atoms with Crippen molar-refractivity contribution in [1.29, 1.82) is 0 Å². The van der Waals surface area contributed by atoms with Crippen molar-refractivity contribution >= 4 is 23.6 Å². The number of carbonyl (C=O) groups excluding carboxylic acids is 2. The zero-order valence-electron chi connectivity index (χ0n) is 17.3. The Balaban J connectivity index is 1.65. The summed E-state index contributed by atoms with van der Waals surface area (Å²) in [5, 5.41) is 9.42. The average molecular weight is 417 g/mol. The summed E-state index contributed by atoms with van der Waals surface area (Å²) in [6.45, 7) is 8.12. The van der Waals surface area contributed by atoms with E-state index in [2.05, 4.69) is 23.2 Å². The summed E-state index contributed by atoms with van der Waals surface area (Å²) < 4.78 is 7.16. The highest BCUT2D eigenvalue weighted by Gasteiger charge is 2.29. The van der Waals surface area contributed by atoms with Gasteiger partial charge in [0.15, 0.2) is 11.0 Å². The number of carbonyl (C=O) groups is 2. The molecule has 0 unspecified atom stereocenters. The van der Waals surface area contributed by atoms with Crippen molar-refractivity contribution in [2.24, 2.45) is 5.92 Å². The highest BCUT2D eigenvalue weighted by atomic mass is 32.2. The van der Waals surface area contributed by atoms with Gasteiger partial charge >= 0.3 is 5.97 Å². The molecule has 0 aliphatic carbocycles. The Hall–Kier alpha value is -2.35. The molecule has 2 heterocycles. The molecule has 1 atom stereocenters. The maximum Gasteiger partial charge on any atom is 0.310 e. The van der Waals surface area contributed by atoms with E-state index in [1.165, 1.54) is 11.8 Å². The third-order valence-electron chi connectivity index (χ3n) is 5.14. The van der Waals surface area contributed by atoms with Crippen LogP contribution in [0.1, 0.15) is 32.3 Å². The van der Waals surface area contributed by atoms with E-state index in [4.69, 9.17) is 4.74 Å². The number of amides is 1. The van der Waals surface area contributed by atoms with Crippen LogP contribution >= 0.6 is 11.8 Å². The van der Waals surface area contributed by atoms with E-state index in [0.717, 1.165) is 41.5 Å². The Morgan fingerprint density at radius 1 is 1.24 bits per heavy atom. The van der Waals surface area contributed by atoms with E-state index >= 15 is 0 Å². The first-order valence-electron chi connectivity index (χ1n) is 10.1. The summed E-state index contributed by atoms with van der Waals surface area (Å²) in [4.78, 5) is 26.5. The van der Waals surface area contributed by atoms with Crippen LogP contribution in [0.4, 0.5) is 0 Å². The first-order chi connectivity index (χ1) is 14.0. The number of hydrogen-bond acceptors (Lipinski definition) is 6. The first-order valence-corrected chi connectivity index (χ1v) is 11.1. The molecule has 1 aromatic carbocycles. The van der Waals surface area contributed by atoms with Gasteiger partial charge in [0, 0.05) is 25.2 Å². The van der Waals surface area contributed by atoms with Crippen molar-refractivity contribution < 1.29 is 14.3 Å². The summed E-state index contributed by atoms with van der Waals surface area (Å²) in [7, 11) is 0. The molecule has 3 rings (SSSR count). The van der Waals surface area contributed by atoms with Crippen LogP contribution in [0.2, 0.25) is 0 Å². The lowest BCUT2D eigenvalue weighted by Gasteiger charge is -2.31. The summed E-state index contributed by atoms with van der Waals surface area (Å²) in [5.74, 6) is 0.699. The van der Waals surface area contributed by atoms with Crippen LogP contribution in [0.3, 0.4) is 0 Å². The molecule has 1 amide bonds. The second kappa shape index (κ2) is 9.91. The standard InChI is InChI=1S/C21H28N4O3S/c1-4-25-19(17-11-7-6-9-15(17)3)22-23-21(25)29-14-18(26)24-12-8-10-16(13-24)20(27)28-5-2/h6-7,9,11,16H,4-5,8,10,12-14H2,1-3H3/t16-/m0/s1. The summed E-state index contributed by atoms with van der Waals surface area (Å²) >= 11 is 1.40. The van der Waals surface area contributed by atoms with Crippen molar-refractivity contribution in [3.8, 4) is 11.4 Å². The predicted molar refractivity (Wildman–Crippen MR) is 113 cm³/mol. The molecule has 29 heavy (non-hydrogen) atoms. The molecule has 1 aliphatic rings. The van der Waals surface area contributed by atoms with Gasteiger partial charge in [0.25, 0.3) is 0 Å². The smallest absolute Gasteiger partial charge is 0.310 e. The number of ether oxygens (including phenoxy) is 1. The van der Waals surface area contributed by atoms with Gasteiger partial charge in [-0.3, -0.25) is 9.59 Å². The van der Waals surface area contributed by atoms with Gasteiger partial charge in [-0.1, -0.05) is 36.0 Å². The van der Waals surface area contributed by atoms with Crippen LogP contribution in [0.5, 0.6) is 0 Å². The second-order valence-corrected chi connectivity index (χ2v) is 8.03. The number of esters is 1. The monoisotopic (exact) mass is 416 g/mol. The van der Waals surface area contributed by atoms with Crippen molar-refractivity contribution in [3.05, 3.63) is 29.8 Å². The van der Waals surface area contributed by atoms with Crippen LogP contribution in [0.15, 0.2) is 29.4 Å². The molecule has 7 nitrogen and oxygen atoms in total. The lowest BCUT2D eigenvalue weighted by Crippen LogP contribution is -2.43. The van der Waals surface area contributed by atoms with Gasteiger partial charge < -0.3 is 14.2 Å². The maximum absolute atomic E-state index is 12.7. The number of aryl methyl sites for hydroxylation is 1. The molecule has 1 saturated heterocycles. The number of nitrogens with zero attached hydrogens (tertiary/aromatic N) is 4. The number of likely N-dealkylation sites (tertiary alicyclic amines) is 1. The highest BCUT2D eigenvalue weighted by Crippen LogP contribution is 2.27. The molecule has 0 bridgehead atoms. The van der Waals surface area contributed by atoms with Crippen LogP contribution in [0.25, 0.3) is 11.4 Å². The molecule has 8 heteroatoms. The van der Waals surface area contributed by atoms with Crippen LogP contribution in [-0.4, -0.2) is 57.0 Å². The minimum absolute atomic E-state index is 0.0205. The minimum Gasteiger partial charge on any atom is -0.466 e. The van der Waals surface area contributed by atoms with Gasteiger partial charge in [0.1, 0.15) is 0 Å². The number of thioether (sulfide) groups is 1. The maximum atomic E-state index is 12.7. The Bertz CT molecular complexity index is 867. The molecular weight excluding hydrogens is 388 g/mol. The normalized spacial score (nSPS) is 16.7. The lowest BCUT2D eigenvalue weighted by molar-refractivity contribution is -0.151. The highest BCUT2D eigenvalue weighted by molar-refractivity contribution is 7.99. The van der Waals surface area contributed by atoms with Gasteiger partial charge in [0.05, 0.1) is 18.3 Å². The first kappa shape index (κ1) is 21.4. The predicted octanol–water partition coefficient (Wildman–Crippen LogP) is 3.17. The topological polar surface area (TPSA) is 77.3 Å². The van der Waals surface area contributed by atoms with Gasteiger partial charge in [0.2, 0.25) is 5.91 Å².